The average molecular weight is 460 g/mol. The summed E-state index contributed by atoms with van der Waals surface area (Å²) in [6, 6.07) is 4.38. The van der Waals surface area contributed by atoms with Gasteiger partial charge in [-0.05, 0) is 24.2 Å². The van der Waals surface area contributed by atoms with E-state index in [0.717, 1.165) is 23.3 Å². The summed E-state index contributed by atoms with van der Waals surface area (Å²) in [7, 11) is -1.79. The minimum absolute atomic E-state index is 0.0904. The van der Waals surface area contributed by atoms with Gasteiger partial charge in [-0.2, -0.15) is 0 Å². The fraction of sp³-hybridized carbons (Fsp3) is 0.727. The molecule has 3 atom stereocenters. The predicted molar refractivity (Wildman–Crippen MR) is 123 cm³/mol. The van der Waals surface area contributed by atoms with Crippen molar-refractivity contribution < 1.29 is 27.5 Å². The molecule has 3 unspecified atom stereocenters. The molecule has 0 bridgehead atoms. The highest BCUT2D eigenvalue weighted by Gasteiger charge is 2.34. The minimum atomic E-state index is -1.80. The third-order valence-corrected chi connectivity index (χ3v) is 6.84. The Hall–Kier alpha value is -0.320. The smallest absolute Gasteiger partial charge is 0.396 e. The first-order valence-corrected chi connectivity index (χ1v) is 12.5. The highest BCUT2D eigenvalue weighted by atomic mass is 31.2. The number of hydrogen-bond acceptors (Lipinski definition) is 6. The molecule has 0 amide bonds. The summed E-state index contributed by atoms with van der Waals surface area (Å²) in [5.74, 6) is 0.845. The highest BCUT2D eigenvalue weighted by Crippen LogP contribution is 2.49. The van der Waals surface area contributed by atoms with Gasteiger partial charge in [-0.15, -0.1) is 0 Å². The van der Waals surface area contributed by atoms with Gasteiger partial charge in [0.05, 0.1) is 19.8 Å². The second kappa shape index (κ2) is 10.1. The van der Waals surface area contributed by atoms with Gasteiger partial charge in [-0.1, -0.05) is 66.2 Å². The zero-order valence-corrected chi connectivity index (χ0v) is 21.7. The van der Waals surface area contributed by atoms with Crippen molar-refractivity contribution in [2.75, 3.05) is 26.9 Å². The van der Waals surface area contributed by atoms with Gasteiger partial charge in [0.1, 0.15) is 5.75 Å². The molecule has 1 fully saturated rings. The Bertz CT molecular complexity index is 678. The van der Waals surface area contributed by atoms with E-state index in [4.69, 9.17) is 22.6 Å². The Morgan fingerprint density at radius 1 is 1.10 bits per heavy atom. The predicted octanol–water partition coefficient (Wildman–Crippen LogP) is 6.52. The number of hydrogen-bond donors (Lipinski definition) is 1. The monoisotopic (exact) mass is 460 g/mol. The fourth-order valence-corrected chi connectivity index (χ4v) is 4.93. The van der Waals surface area contributed by atoms with Crippen LogP contribution in [0.3, 0.4) is 0 Å². The lowest BCUT2D eigenvalue weighted by molar-refractivity contribution is 0.0858. The second-order valence-corrected chi connectivity index (χ2v) is 12.6. The van der Waals surface area contributed by atoms with Crippen molar-refractivity contribution in [1.82, 2.24) is 0 Å². The molecule has 1 aliphatic rings. The summed E-state index contributed by atoms with van der Waals surface area (Å²) in [5.41, 5.74) is 3.03. The minimum Gasteiger partial charge on any atom is -0.426 e. The molecular formula is C22H38O6P2. The van der Waals surface area contributed by atoms with Gasteiger partial charge in [0, 0.05) is 23.7 Å². The first kappa shape index (κ1) is 25.9. The number of rotatable bonds is 6. The van der Waals surface area contributed by atoms with Gasteiger partial charge >= 0.3 is 17.2 Å². The zero-order valence-electron chi connectivity index (χ0n) is 19.9. The topological polar surface area (TPSA) is 66.4 Å². The van der Waals surface area contributed by atoms with Gasteiger partial charge in [-0.25, -0.2) is 0 Å². The van der Waals surface area contributed by atoms with Crippen molar-refractivity contribution in [3.8, 4) is 5.75 Å². The first-order chi connectivity index (χ1) is 13.7. The molecule has 0 spiro atoms. The summed E-state index contributed by atoms with van der Waals surface area (Å²) in [6.07, 6.45) is 0.726. The van der Waals surface area contributed by atoms with Crippen LogP contribution >= 0.6 is 17.2 Å². The molecule has 30 heavy (non-hydrogen) atoms. The molecular weight excluding hydrogens is 422 g/mol. The Balaban J connectivity index is 2.27. The summed E-state index contributed by atoms with van der Waals surface area (Å²) in [5, 5.41) is 0. The van der Waals surface area contributed by atoms with Crippen LogP contribution in [0.4, 0.5) is 0 Å². The van der Waals surface area contributed by atoms with E-state index in [1.807, 2.05) is 0 Å². The van der Waals surface area contributed by atoms with Crippen LogP contribution in [0.5, 0.6) is 5.75 Å². The second-order valence-electron chi connectivity index (χ2n) is 10.4. The summed E-state index contributed by atoms with van der Waals surface area (Å²) in [4.78, 5) is 9.61. The van der Waals surface area contributed by atoms with E-state index in [2.05, 4.69) is 67.5 Å². The third kappa shape index (κ3) is 7.10. The van der Waals surface area contributed by atoms with Crippen molar-refractivity contribution in [2.24, 2.45) is 5.41 Å². The molecule has 0 aliphatic carbocycles. The molecule has 1 aliphatic heterocycles. The van der Waals surface area contributed by atoms with Gasteiger partial charge in [0.2, 0.25) is 0 Å². The normalized spacial score (nSPS) is 24.4. The summed E-state index contributed by atoms with van der Waals surface area (Å²) in [6.45, 7) is 18.5. The molecule has 6 nitrogen and oxygen atoms in total. The van der Waals surface area contributed by atoms with Crippen molar-refractivity contribution in [1.29, 1.82) is 0 Å². The SMILES string of the molecule is COP(OCC1(C)CCOP(O)OC1)Oc1c(C(C)(C)C)cc(C)cc1C(C)(C)C. The molecule has 1 N–H and O–H groups in total. The molecule has 1 heterocycles. The van der Waals surface area contributed by atoms with Crippen molar-refractivity contribution in [3.63, 3.8) is 0 Å². The largest absolute Gasteiger partial charge is 0.426 e. The quantitative estimate of drug-likeness (QED) is 0.488. The van der Waals surface area contributed by atoms with E-state index in [0.29, 0.717) is 19.8 Å². The Labute approximate surface area is 184 Å². The lowest BCUT2D eigenvalue weighted by Gasteiger charge is -2.32. The van der Waals surface area contributed by atoms with E-state index < -0.39 is 17.2 Å². The maximum absolute atomic E-state index is 9.61. The lowest BCUT2D eigenvalue weighted by atomic mass is 9.78. The van der Waals surface area contributed by atoms with Gasteiger partial charge in [0.25, 0.3) is 0 Å². The van der Waals surface area contributed by atoms with Crippen LogP contribution in [0.2, 0.25) is 0 Å². The van der Waals surface area contributed by atoms with E-state index in [1.54, 1.807) is 7.11 Å². The van der Waals surface area contributed by atoms with Crippen LogP contribution in [0, 0.1) is 12.3 Å². The van der Waals surface area contributed by atoms with Crippen LogP contribution in [0.15, 0.2) is 12.1 Å². The molecule has 0 aromatic heterocycles. The third-order valence-electron chi connectivity index (χ3n) is 5.11. The van der Waals surface area contributed by atoms with E-state index in [1.165, 1.54) is 5.56 Å². The Morgan fingerprint density at radius 2 is 1.67 bits per heavy atom. The van der Waals surface area contributed by atoms with Crippen molar-refractivity contribution in [3.05, 3.63) is 28.8 Å². The number of benzene rings is 1. The lowest BCUT2D eigenvalue weighted by Crippen LogP contribution is -2.28. The van der Waals surface area contributed by atoms with Crippen LogP contribution in [-0.2, 0) is 28.9 Å². The van der Waals surface area contributed by atoms with E-state index in [-0.39, 0.29) is 16.2 Å². The maximum atomic E-state index is 9.61. The molecule has 2 rings (SSSR count). The highest BCUT2D eigenvalue weighted by molar-refractivity contribution is 7.42. The molecule has 8 heteroatoms. The molecule has 0 saturated carbocycles. The van der Waals surface area contributed by atoms with Crippen molar-refractivity contribution >= 4 is 17.2 Å². The van der Waals surface area contributed by atoms with Gasteiger partial charge in [-0.3, -0.25) is 0 Å². The first-order valence-electron chi connectivity index (χ1n) is 10.3. The maximum Gasteiger partial charge on any atom is 0.396 e. The molecule has 1 aromatic rings. The van der Waals surface area contributed by atoms with Gasteiger partial charge in [0.15, 0.2) is 0 Å². The Kier molecular flexibility index (Phi) is 8.72. The summed E-state index contributed by atoms with van der Waals surface area (Å²) < 4.78 is 28.8. The van der Waals surface area contributed by atoms with E-state index in [9.17, 15) is 4.89 Å². The molecule has 1 saturated heterocycles. The Morgan fingerprint density at radius 3 is 2.17 bits per heavy atom. The molecule has 0 radical (unpaired) electrons. The fourth-order valence-electron chi connectivity index (χ4n) is 3.19. The molecule has 1 aromatic carbocycles. The standard InChI is InChI=1S/C22H38O6P2/c1-16-12-17(20(2,3)4)19(18(13-16)21(5,6)7)28-30(24-9)27-15-22(8)10-11-25-29(23)26-14-22/h12-13,23H,10-11,14-15H2,1-9H3. The zero-order chi connectivity index (χ0) is 22.7. The van der Waals surface area contributed by atoms with Crippen LogP contribution < -0.4 is 4.52 Å². The van der Waals surface area contributed by atoms with E-state index >= 15 is 0 Å². The van der Waals surface area contributed by atoms with Crippen LogP contribution in [0.25, 0.3) is 0 Å². The summed E-state index contributed by atoms with van der Waals surface area (Å²) >= 11 is 0. The van der Waals surface area contributed by atoms with Gasteiger partial charge < -0.3 is 27.5 Å². The van der Waals surface area contributed by atoms with Crippen LogP contribution in [0.1, 0.15) is 71.6 Å². The van der Waals surface area contributed by atoms with Crippen LogP contribution in [-0.4, -0.2) is 31.8 Å². The number of aryl methyl sites for hydroxylation is 1. The average Bonchev–Trinajstić information content (AvgIpc) is 2.79. The molecule has 172 valence electrons. The van der Waals surface area contributed by atoms with Crippen molar-refractivity contribution in [2.45, 2.75) is 72.6 Å².